The van der Waals surface area contributed by atoms with Crippen LogP contribution < -0.4 is 11.1 Å². The summed E-state index contributed by atoms with van der Waals surface area (Å²) < 4.78 is 4.73. The number of carbonyl (C=O) groups excluding carboxylic acids is 1. The van der Waals surface area contributed by atoms with Crippen LogP contribution in [0.3, 0.4) is 0 Å². The van der Waals surface area contributed by atoms with Crippen LogP contribution in [-0.4, -0.2) is 49.1 Å². The highest BCUT2D eigenvalue weighted by Gasteiger charge is 2.22. The molecule has 0 saturated heterocycles. The van der Waals surface area contributed by atoms with Crippen molar-refractivity contribution >= 4 is 17.5 Å². The fraction of sp³-hybridized carbons (Fsp3) is 0.538. The highest BCUT2D eigenvalue weighted by molar-refractivity contribution is 5.95. The molecule has 0 aliphatic carbocycles. The number of anilines is 2. The normalized spacial score (nSPS) is 11.5. The first kappa shape index (κ1) is 15.2. The summed E-state index contributed by atoms with van der Waals surface area (Å²) in [5.41, 5.74) is 6.34. The number of nitrogens with one attached hydrogen (secondary N) is 1. The zero-order chi connectivity index (χ0) is 14.6. The Balaban J connectivity index is 2.92. The van der Waals surface area contributed by atoms with Crippen LogP contribution in [0.2, 0.25) is 0 Å². The Labute approximate surface area is 113 Å². The maximum absolute atomic E-state index is 11.7. The molecule has 0 aromatic carbocycles. The van der Waals surface area contributed by atoms with Gasteiger partial charge in [0.2, 0.25) is 0 Å². The second-order valence-corrected chi connectivity index (χ2v) is 5.22. The van der Waals surface area contributed by atoms with Crippen molar-refractivity contribution in [3.8, 4) is 0 Å². The van der Waals surface area contributed by atoms with Gasteiger partial charge >= 0.3 is 5.97 Å². The lowest BCUT2D eigenvalue weighted by molar-refractivity contribution is 0.0601. The van der Waals surface area contributed by atoms with Crippen LogP contribution in [0, 0.1) is 0 Å². The third kappa shape index (κ3) is 3.82. The highest BCUT2D eigenvalue weighted by atomic mass is 16.5. The Morgan fingerprint density at radius 2 is 2.16 bits per heavy atom. The minimum atomic E-state index is -0.454. The molecule has 0 radical (unpaired) electrons. The molecule has 1 aromatic heterocycles. The molecule has 1 aromatic rings. The van der Waals surface area contributed by atoms with E-state index in [2.05, 4.69) is 29.0 Å². The van der Waals surface area contributed by atoms with Crippen LogP contribution in [0.5, 0.6) is 0 Å². The van der Waals surface area contributed by atoms with E-state index in [1.807, 2.05) is 14.1 Å². The van der Waals surface area contributed by atoms with Crippen molar-refractivity contribution in [3.05, 3.63) is 17.8 Å². The molecule has 0 amide bonds. The van der Waals surface area contributed by atoms with Gasteiger partial charge in [-0.2, -0.15) is 0 Å². The number of pyridine rings is 1. The maximum atomic E-state index is 11.7. The minimum Gasteiger partial charge on any atom is -0.465 e. The Kier molecular flexibility index (Phi) is 4.72. The first-order valence-corrected chi connectivity index (χ1v) is 6.03. The topological polar surface area (TPSA) is 80.5 Å². The van der Waals surface area contributed by atoms with E-state index in [1.165, 1.54) is 13.3 Å². The van der Waals surface area contributed by atoms with Crippen molar-refractivity contribution in [3.63, 3.8) is 0 Å². The number of nitrogen functional groups attached to an aromatic ring is 1. The van der Waals surface area contributed by atoms with Crippen LogP contribution in [0.1, 0.15) is 24.2 Å². The summed E-state index contributed by atoms with van der Waals surface area (Å²) in [7, 11) is 5.33. The van der Waals surface area contributed by atoms with Crippen molar-refractivity contribution in [2.45, 2.75) is 19.4 Å². The van der Waals surface area contributed by atoms with Gasteiger partial charge in [-0.25, -0.2) is 9.78 Å². The quantitative estimate of drug-likeness (QED) is 0.780. The van der Waals surface area contributed by atoms with E-state index in [4.69, 9.17) is 10.5 Å². The van der Waals surface area contributed by atoms with Crippen LogP contribution in [0.15, 0.2) is 12.3 Å². The largest absolute Gasteiger partial charge is 0.465 e. The van der Waals surface area contributed by atoms with Crippen molar-refractivity contribution in [1.82, 2.24) is 9.88 Å². The molecule has 0 unspecified atom stereocenters. The Hall–Kier alpha value is -1.82. The second kappa shape index (κ2) is 5.88. The zero-order valence-corrected chi connectivity index (χ0v) is 12.2. The first-order valence-electron chi connectivity index (χ1n) is 6.03. The third-order valence-corrected chi connectivity index (χ3v) is 3.21. The number of methoxy groups -OCH3 is 1. The number of ether oxygens (including phenoxy) is 1. The van der Waals surface area contributed by atoms with Crippen LogP contribution in [0.25, 0.3) is 0 Å². The van der Waals surface area contributed by atoms with Crippen LogP contribution in [0.4, 0.5) is 11.5 Å². The van der Waals surface area contributed by atoms with Gasteiger partial charge in [0.25, 0.3) is 0 Å². The molecule has 3 N–H and O–H groups in total. The number of rotatable bonds is 5. The number of likely N-dealkylation sites (N-methyl/N-ethyl adjacent to an activating group) is 1. The predicted octanol–water partition coefficient (Wildman–Crippen LogP) is 1.20. The third-order valence-electron chi connectivity index (χ3n) is 3.21. The van der Waals surface area contributed by atoms with Gasteiger partial charge in [0.05, 0.1) is 19.0 Å². The standard InChI is InChI=1S/C13H22N4O2/c1-13(2,17(3)4)8-16-11-10(12(18)19-5)6-9(14)7-15-11/h6-7H,8,14H2,1-5H3,(H,15,16). The lowest BCUT2D eigenvalue weighted by Crippen LogP contribution is -2.44. The Morgan fingerprint density at radius 1 is 1.53 bits per heavy atom. The van der Waals surface area contributed by atoms with E-state index in [1.54, 1.807) is 6.07 Å². The monoisotopic (exact) mass is 266 g/mol. The highest BCUT2D eigenvalue weighted by Crippen LogP contribution is 2.18. The molecular weight excluding hydrogens is 244 g/mol. The molecule has 106 valence electrons. The molecule has 0 spiro atoms. The van der Waals surface area contributed by atoms with Gasteiger partial charge < -0.3 is 20.7 Å². The van der Waals surface area contributed by atoms with Crippen molar-refractivity contribution in [2.75, 3.05) is 38.8 Å². The first-order chi connectivity index (χ1) is 8.77. The summed E-state index contributed by atoms with van der Waals surface area (Å²) in [6.07, 6.45) is 1.51. The lowest BCUT2D eigenvalue weighted by atomic mass is 10.0. The number of aromatic nitrogens is 1. The van der Waals surface area contributed by atoms with Crippen LogP contribution >= 0.6 is 0 Å². The van der Waals surface area contributed by atoms with Crippen molar-refractivity contribution < 1.29 is 9.53 Å². The number of hydrogen-bond donors (Lipinski definition) is 2. The van der Waals surface area contributed by atoms with Gasteiger partial charge in [-0.3, -0.25) is 0 Å². The average molecular weight is 266 g/mol. The van der Waals surface area contributed by atoms with E-state index in [0.29, 0.717) is 23.6 Å². The van der Waals surface area contributed by atoms with Gasteiger partial charge in [-0.15, -0.1) is 0 Å². The molecule has 1 heterocycles. The summed E-state index contributed by atoms with van der Waals surface area (Å²) in [5, 5.41) is 3.17. The zero-order valence-electron chi connectivity index (χ0n) is 12.2. The van der Waals surface area contributed by atoms with E-state index in [0.717, 1.165) is 0 Å². The van der Waals surface area contributed by atoms with E-state index < -0.39 is 5.97 Å². The number of esters is 1. The number of nitrogens with zero attached hydrogens (tertiary/aromatic N) is 2. The second-order valence-electron chi connectivity index (χ2n) is 5.22. The number of nitrogens with two attached hydrogens (primary N) is 1. The fourth-order valence-corrected chi connectivity index (χ4v) is 1.35. The van der Waals surface area contributed by atoms with E-state index in [-0.39, 0.29) is 5.54 Å². The molecule has 0 atom stereocenters. The Morgan fingerprint density at radius 3 is 2.68 bits per heavy atom. The summed E-state index contributed by atoms with van der Waals surface area (Å²) >= 11 is 0. The van der Waals surface area contributed by atoms with Crippen molar-refractivity contribution in [2.24, 2.45) is 0 Å². The molecule has 0 aliphatic heterocycles. The van der Waals surface area contributed by atoms with Gasteiger partial charge in [-0.1, -0.05) is 0 Å². The lowest BCUT2D eigenvalue weighted by Gasteiger charge is -2.33. The van der Waals surface area contributed by atoms with Gasteiger partial charge in [0, 0.05) is 12.1 Å². The molecule has 6 heteroatoms. The number of hydrogen-bond acceptors (Lipinski definition) is 6. The summed E-state index contributed by atoms with van der Waals surface area (Å²) in [4.78, 5) is 17.9. The molecule has 6 nitrogen and oxygen atoms in total. The molecule has 0 saturated carbocycles. The number of carbonyl (C=O) groups is 1. The molecule has 19 heavy (non-hydrogen) atoms. The van der Waals surface area contributed by atoms with Crippen LogP contribution in [-0.2, 0) is 4.74 Å². The molecule has 0 aliphatic rings. The Bertz CT molecular complexity index is 458. The average Bonchev–Trinajstić information content (AvgIpc) is 2.36. The smallest absolute Gasteiger partial charge is 0.341 e. The summed E-state index contributed by atoms with van der Waals surface area (Å²) in [6, 6.07) is 1.56. The van der Waals surface area contributed by atoms with Gasteiger partial charge in [0.1, 0.15) is 11.4 Å². The SMILES string of the molecule is COC(=O)c1cc(N)cnc1NCC(C)(C)N(C)C. The fourth-order valence-electron chi connectivity index (χ4n) is 1.35. The van der Waals surface area contributed by atoms with Gasteiger partial charge in [0.15, 0.2) is 0 Å². The van der Waals surface area contributed by atoms with E-state index in [9.17, 15) is 4.79 Å². The summed E-state index contributed by atoms with van der Waals surface area (Å²) in [6.45, 7) is 4.82. The molecule has 1 rings (SSSR count). The van der Waals surface area contributed by atoms with Gasteiger partial charge in [-0.05, 0) is 34.0 Å². The minimum absolute atomic E-state index is 0.0730. The molecular formula is C13H22N4O2. The van der Waals surface area contributed by atoms with E-state index >= 15 is 0 Å². The molecule has 0 bridgehead atoms. The molecule has 0 fully saturated rings. The van der Waals surface area contributed by atoms with Crippen molar-refractivity contribution in [1.29, 1.82) is 0 Å². The summed E-state index contributed by atoms with van der Waals surface area (Å²) in [5.74, 6) is 0.0286. The predicted molar refractivity (Wildman–Crippen MR) is 76.2 cm³/mol. The maximum Gasteiger partial charge on any atom is 0.341 e.